The van der Waals surface area contributed by atoms with E-state index in [1.807, 2.05) is 26.0 Å². The third-order valence-electron chi connectivity index (χ3n) is 3.53. The van der Waals surface area contributed by atoms with Crippen LogP contribution in [0.5, 0.6) is 0 Å². The zero-order valence-corrected chi connectivity index (χ0v) is 12.6. The Balaban J connectivity index is 2.04. The largest absolute Gasteiger partial charge is 0.370 e. The Morgan fingerprint density at radius 1 is 1.50 bits per heavy atom. The molecule has 110 valence electrons. The van der Waals surface area contributed by atoms with Gasteiger partial charge in [0.2, 0.25) is 0 Å². The molecule has 0 aliphatic carbocycles. The number of hydrogen-bond donors (Lipinski definition) is 2. The first-order valence-electron chi connectivity index (χ1n) is 7.30. The summed E-state index contributed by atoms with van der Waals surface area (Å²) in [6.45, 7) is 6.76. The van der Waals surface area contributed by atoms with Gasteiger partial charge in [0, 0.05) is 30.4 Å². The highest BCUT2D eigenvalue weighted by atomic mass is 16.1. The third-order valence-corrected chi connectivity index (χ3v) is 3.53. The summed E-state index contributed by atoms with van der Waals surface area (Å²) in [5.74, 6) is 0.758. The number of amides is 1. The standard InChI is InChI=1S/C15H24N4O/c1-4-16-14-9-12(8-11(2)17-14)15(20)18-13-6-5-7-19(3)10-13/h8-9,13H,4-7,10H2,1-3H3,(H,16,17)(H,18,20). The van der Waals surface area contributed by atoms with Crippen LogP contribution in [-0.2, 0) is 0 Å². The molecule has 0 bridgehead atoms. The number of aryl methyl sites for hydroxylation is 1. The molecule has 20 heavy (non-hydrogen) atoms. The van der Waals surface area contributed by atoms with Crippen molar-refractivity contribution < 1.29 is 4.79 Å². The Hall–Kier alpha value is -1.62. The van der Waals surface area contributed by atoms with E-state index in [1.54, 1.807) is 0 Å². The van der Waals surface area contributed by atoms with Crippen LogP contribution >= 0.6 is 0 Å². The summed E-state index contributed by atoms with van der Waals surface area (Å²) in [4.78, 5) is 19.0. The molecular formula is C15H24N4O. The minimum absolute atomic E-state index is 0.00467. The fourth-order valence-corrected chi connectivity index (χ4v) is 2.62. The van der Waals surface area contributed by atoms with Crippen molar-refractivity contribution in [2.45, 2.75) is 32.7 Å². The van der Waals surface area contributed by atoms with Gasteiger partial charge in [-0.25, -0.2) is 4.98 Å². The molecule has 1 aromatic heterocycles. The van der Waals surface area contributed by atoms with Crippen molar-refractivity contribution >= 4 is 11.7 Å². The molecule has 1 aliphatic heterocycles. The zero-order valence-electron chi connectivity index (χ0n) is 12.6. The van der Waals surface area contributed by atoms with E-state index in [0.29, 0.717) is 5.56 Å². The van der Waals surface area contributed by atoms with Gasteiger partial charge in [-0.1, -0.05) is 0 Å². The van der Waals surface area contributed by atoms with Crippen molar-refractivity contribution in [3.63, 3.8) is 0 Å². The summed E-state index contributed by atoms with van der Waals surface area (Å²) in [5, 5.41) is 6.28. The van der Waals surface area contributed by atoms with Gasteiger partial charge in [-0.2, -0.15) is 0 Å². The molecule has 2 N–H and O–H groups in total. The summed E-state index contributed by atoms with van der Waals surface area (Å²) >= 11 is 0. The fraction of sp³-hybridized carbons (Fsp3) is 0.600. The molecule has 0 spiro atoms. The van der Waals surface area contributed by atoms with Gasteiger partial charge in [-0.15, -0.1) is 0 Å². The van der Waals surface area contributed by atoms with E-state index in [0.717, 1.165) is 44.0 Å². The van der Waals surface area contributed by atoms with Crippen LogP contribution in [0.2, 0.25) is 0 Å². The fourth-order valence-electron chi connectivity index (χ4n) is 2.62. The minimum Gasteiger partial charge on any atom is -0.370 e. The number of rotatable bonds is 4. The van der Waals surface area contributed by atoms with Crippen LogP contribution in [0.3, 0.4) is 0 Å². The number of hydrogen-bond acceptors (Lipinski definition) is 4. The van der Waals surface area contributed by atoms with Gasteiger partial charge in [0.1, 0.15) is 5.82 Å². The van der Waals surface area contributed by atoms with Crippen LogP contribution < -0.4 is 10.6 Å². The van der Waals surface area contributed by atoms with Crippen LogP contribution in [-0.4, -0.2) is 48.5 Å². The van der Waals surface area contributed by atoms with Gasteiger partial charge in [0.05, 0.1) is 0 Å². The summed E-state index contributed by atoms with van der Waals surface area (Å²) in [6, 6.07) is 3.90. The van der Waals surface area contributed by atoms with Crippen LogP contribution in [0.4, 0.5) is 5.82 Å². The van der Waals surface area contributed by atoms with Crippen molar-refractivity contribution in [3.8, 4) is 0 Å². The van der Waals surface area contributed by atoms with Gasteiger partial charge in [-0.05, 0) is 52.4 Å². The molecule has 5 heteroatoms. The second kappa shape index (κ2) is 6.70. The smallest absolute Gasteiger partial charge is 0.251 e. The van der Waals surface area contributed by atoms with E-state index >= 15 is 0 Å². The molecule has 2 rings (SSSR count). The van der Waals surface area contributed by atoms with Gasteiger partial charge >= 0.3 is 0 Å². The van der Waals surface area contributed by atoms with E-state index in [2.05, 4.69) is 27.6 Å². The number of nitrogens with zero attached hydrogens (tertiary/aromatic N) is 2. The normalized spacial score (nSPS) is 19.6. The maximum absolute atomic E-state index is 12.3. The van der Waals surface area contributed by atoms with E-state index in [9.17, 15) is 4.79 Å². The van der Waals surface area contributed by atoms with E-state index in [-0.39, 0.29) is 11.9 Å². The van der Waals surface area contributed by atoms with Crippen molar-refractivity contribution in [2.75, 3.05) is 32.0 Å². The predicted octanol–water partition coefficient (Wildman–Crippen LogP) is 1.65. The van der Waals surface area contributed by atoms with E-state index < -0.39 is 0 Å². The lowest BCUT2D eigenvalue weighted by Crippen LogP contribution is -2.46. The molecule has 1 fully saturated rings. The second-order valence-electron chi connectivity index (χ2n) is 5.49. The molecule has 1 saturated heterocycles. The lowest BCUT2D eigenvalue weighted by Gasteiger charge is -2.30. The maximum Gasteiger partial charge on any atom is 0.251 e. The highest BCUT2D eigenvalue weighted by Crippen LogP contribution is 2.12. The number of carbonyl (C=O) groups is 1. The molecule has 2 heterocycles. The molecule has 1 aromatic rings. The first-order valence-corrected chi connectivity index (χ1v) is 7.30. The molecular weight excluding hydrogens is 252 g/mol. The quantitative estimate of drug-likeness (QED) is 0.878. The second-order valence-corrected chi connectivity index (χ2v) is 5.49. The van der Waals surface area contributed by atoms with Gasteiger partial charge in [0.15, 0.2) is 0 Å². The van der Waals surface area contributed by atoms with Gasteiger partial charge < -0.3 is 15.5 Å². The summed E-state index contributed by atoms with van der Waals surface area (Å²) in [5.41, 5.74) is 1.54. The zero-order chi connectivity index (χ0) is 14.5. The highest BCUT2D eigenvalue weighted by molar-refractivity contribution is 5.95. The highest BCUT2D eigenvalue weighted by Gasteiger charge is 2.19. The average Bonchev–Trinajstić information content (AvgIpc) is 2.38. The van der Waals surface area contributed by atoms with Crippen molar-refractivity contribution in [2.24, 2.45) is 0 Å². The monoisotopic (exact) mass is 276 g/mol. The predicted molar refractivity (Wildman–Crippen MR) is 81.1 cm³/mol. The SMILES string of the molecule is CCNc1cc(C(=O)NC2CCCN(C)C2)cc(C)n1. The van der Waals surface area contributed by atoms with Crippen LogP contribution in [0, 0.1) is 6.92 Å². The first kappa shape index (κ1) is 14.8. The van der Waals surface area contributed by atoms with Gasteiger partial charge in [0.25, 0.3) is 5.91 Å². The molecule has 1 atom stereocenters. The molecule has 1 aliphatic rings. The Bertz CT molecular complexity index is 475. The molecule has 0 saturated carbocycles. The number of piperidine rings is 1. The number of anilines is 1. The Morgan fingerprint density at radius 2 is 2.30 bits per heavy atom. The number of aromatic nitrogens is 1. The third kappa shape index (κ3) is 3.93. The molecule has 0 radical (unpaired) electrons. The first-order chi connectivity index (χ1) is 9.58. The number of likely N-dealkylation sites (N-methyl/N-ethyl adjacent to an activating group) is 1. The number of pyridine rings is 1. The summed E-state index contributed by atoms with van der Waals surface area (Å²) in [6.07, 6.45) is 2.19. The van der Waals surface area contributed by atoms with Crippen molar-refractivity contribution in [1.29, 1.82) is 0 Å². The molecule has 5 nitrogen and oxygen atoms in total. The number of likely N-dealkylation sites (tertiary alicyclic amines) is 1. The van der Waals surface area contributed by atoms with Crippen molar-refractivity contribution in [1.82, 2.24) is 15.2 Å². The Kier molecular flexibility index (Phi) is 4.95. The Morgan fingerprint density at radius 3 is 3.00 bits per heavy atom. The van der Waals surface area contributed by atoms with Crippen molar-refractivity contribution in [3.05, 3.63) is 23.4 Å². The van der Waals surface area contributed by atoms with E-state index in [4.69, 9.17) is 0 Å². The number of nitrogens with one attached hydrogen (secondary N) is 2. The topological polar surface area (TPSA) is 57.3 Å². The summed E-state index contributed by atoms with van der Waals surface area (Å²) in [7, 11) is 2.10. The minimum atomic E-state index is -0.00467. The van der Waals surface area contributed by atoms with Gasteiger partial charge in [-0.3, -0.25) is 4.79 Å². The molecule has 0 aromatic carbocycles. The van der Waals surface area contributed by atoms with E-state index in [1.165, 1.54) is 0 Å². The lowest BCUT2D eigenvalue weighted by molar-refractivity contribution is 0.0912. The lowest BCUT2D eigenvalue weighted by atomic mass is 10.1. The molecule has 1 amide bonds. The van der Waals surface area contributed by atoms with Crippen LogP contribution in [0.25, 0.3) is 0 Å². The summed E-state index contributed by atoms with van der Waals surface area (Å²) < 4.78 is 0. The maximum atomic E-state index is 12.3. The average molecular weight is 276 g/mol. The van der Waals surface area contributed by atoms with Crippen LogP contribution in [0.15, 0.2) is 12.1 Å². The Labute approximate surface area is 120 Å². The number of carbonyl (C=O) groups excluding carboxylic acids is 1. The van der Waals surface area contributed by atoms with Crippen LogP contribution in [0.1, 0.15) is 35.8 Å². The molecule has 1 unspecified atom stereocenters.